The van der Waals surface area contributed by atoms with Crippen LogP contribution in [0.3, 0.4) is 0 Å². The molecule has 0 radical (unpaired) electrons. The zero-order chi connectivity index (χ0) is 16.2. The van der Waals surface area contributed by atoms with Gasteiger partial charge in [-0.2, -0.15) is 0 Å². The van der Waals surface area contributed by atoms with Gasteiger partial charge >= 0.3 is 5.97 Å². The molecule has 1 amide bonds. The summed E-state index contributed by atoms with van der Waals surface area (Å²) < 4.78 is 10.3. The van der Waals surface area contributed by atoms with Crippen molar-refractivity contribution in [3.05, 3.63) is 23.8 Å². The van der Waals surface area contributed by atoms with Crippen LogP contribution in [0.1, 0.15) is 42.5 Å². The van der Waals surface area contributed by atoms with Crippen LogP contribution in [-0.4, -0.2) is 36.7 Å². The minimum atomic E-state index is -1.19. The van der Waals surface area contributed by atoms with Crippen LogP contribution in [0, 0.1) is 0 Å². The number of carbonyl (C=O) groups excluding carboxylic acids is 1. The van der Waals surface area contributed by atoms with Crippen molar-refractivity contribution in [3.8, 4) is 11.5 Å². The van der Waals surface area contributed by atoms with E-state index in [-0.39, 0.29) is 5.56 Å². The van der Waals surface area contributed by atoms with E-state index >= 15 is 0 Å². The summed E-state index contributed by atoms with van der Waals surface area (Å²) in [6, 6.07) is 4.86. The highest BCUT2D eigenvalue weighted by molar-refractivity contribution is 6.00. The molecule has 1 aromatic rings. The minimum Gasteiger partial charge on any atom is -0.497 e. The highest BCUT2D eigenvalue weighted by Crippen LogP contribution is 2.30. The number of carboxylic acid groups (broad SMARTS) is 1. The zero-order valence-corrected chi connectivity index (χ0v) is 12.8. The average Bonchev–Trinajstić information content (AvgIpc) is 2.54. The SMILES string of the molecule is COc1ccc(OC)c(C(=O)NC2(C(=O)O)CCCCC2)c1. The van der Waals surface area contributed by atoms with E-state index in [0.29, 0.717) is 24.3 Å². The van der Waals surface area contributed by atoms with Crippen molar-refractivity contribution in [2.24, 2.45) is 0 Å². The maximum atomic E-state index is 12.6. The Kier molecular flexibility index (Phi) is 4.90. The first-order chi connectivity index (χ1) is 10.5. The molecule has 2 rings (SSSR count). The van der Waals surface area contributed by atoms with Gasteiger partial charge in [0.25, 0.3) is 5.91 Å². The standard InChI is InChI=1S/C16H21NO5/c1-21-11-6-7-13(22-2)12(10-11)14(18)17-16(15(19)20)8-4-3-5-9-16/h6-7,10H,3-5,8-9H2,1-2H3,(H,17,18)(H,19,20). The molecule has 0 heterocycles. The molecule has 0 aromatic heterocycles. The van der Waals surface area contributed by atoms with Crippen LogP contribution in [0.2, 0.25) is 0 Å². The molecule has 1 aliphatic rings. The van der Waals surface area contributed by atoms with E-state index in [0.717, 1.165) is 19.3 Å². The van der Waals surface area contributed by atoms with Crippen molar-refractivity contribution in [2.75, 3.05) is 14.2 Å². The first-order valence-electron chi connectivity index (χ1n) is 7.30. The van der Waals surface area contributed by atoms with Crippen molar-refractivity contribution in [1.29, 1.82) is 0 Å². The van der Waals surface area contributed by atoms with Gasteiger partial charge in [0.05, 0.1) is 19.8 Å². The van der Waals surface area contributed by atoms with Gasteiger partial charge in [0.2, 0.25) is 0 Å². The lowest BCUT2D eigenvalue weighted by molar-refractivity contribution is -0.145. The second kappa shape index (κ2) is 6.68. The molecule has 0 aliphatic heterocycles. The van der Waals surface area contributed by atoms with Gasteiger partial charge < -0.3 is 19.9 Å². The van der Waals surface area contributed by atoms with Crippen molar-refractivity contribution in [1.82, 2.24) is 5.32 Å². The summed E-state index contributed by atoms with van der Waals surface area (Å²) in [5.41, 5.74) is -0.920. The fourth-order valence-electron chi connectivity index (χ4n) is 2.82. The molecular weight excluding hydrogens is 286 g/mol. The second-order valence-corrected chi connectivity index (χ2v) is 5.47. The number of aliphatic carboxylic acids is 1. The van der Waals surface area contributed by atoms with Crippen LogP contribution in [0.5, 0.6) is 11.5 Å². The van der Waals surface area contributed by atoms with E-state index in [4.69, 9.17) is 9.47 Å². The van der Waals surface area contributed by atoms with Crippen LogP contribution in [-0.2, 0) is 4.79 Å². The largest absolute Gasteiger partial charge is 0.497 e. The second-order valence-electron chi connectivity index (χ2n) is 5.47. The monoisotopic (exact) mass is 307 g/mol. The first-order valence-corrected chi connectivity index (χ1v) is 7.30. The molecule has 6 nitrogen and oxygen atoms in total. The van der Waals surface area contributed by atoms with Gasteiger partial charge in [-0.3, -0.25) is 4.79 Å². The van der Waals surface area contributed by atoms with E-state index in [2.05, 4.69) is 5.32 Å². The molecule has 0 atom stereocenters. The number of hydrogen-bond donors (Lipinski definition) is 2. The molecule has 0 unspecified atom stereocenters. The van der Waals surface area contributed by atoms with E-state index in [1.165, 1.54) is 14.2 Å². The predicted molar refractivity (Wildman–Crippen MR) is 80.5 cm³/mol. The molecule has 120 valence electrons. The molecule has 6 heteroatoms. The van der Waals surface area contributed by atoms with Gasteiger partial charge in [-0.05, 0) is 31.0 Å². The first kappa shape index (κ1) is 16.1. The summed E-state index contributed by atoms with van der Waals surface area (Å²) in [7, 11) is 2.97. The highest BCUT2D eigenvalue weighted by atomic mass is 16.5. The number of carboxylic acids is 1. The van der Waals surface area contributed by atoms with Crippen LogP contribution >= 0.6 is 0 Å². The third kappa shape index (κ3) is 3.16. The Morgan fingerprint density at radius 3 is 2.36 bits per heavy atom. The van der Waals surface area contributed by atoms with Crippen molar-refractivity contribution < 1.29 is 24.2 Å². The normalized spacial score (nSPS) is 16.6. The fraction of sp³-hybridized carbons (Fsp3) is 0.500. The third-order valence-electron chi connectivity index (χ3n) is 4.12. The molecule has 0 bridgehead atoms. The Labute approximate surface area is 129 Å². The number of nitrogens with one attached hydrogen (secondary N) is 1. The van der Waals surface area contributed by atoms with E-state index in [1.54, 1.807) is 18.2 Å². The lowest BCUT2D eigenvalue weighted by Gasteiger charge is -2.34. The number of ether oxygens (including phenoxy) is 2. The van der Waals surface area contributed by atoms with E-state index in [9.17, 15) is 14.7 Å². The smallest absolute Gasteiger partial charge is 0.329 e. The summed E-state index contributed by atoms with van der Waals surface area (Å²) in [6.07, 6.45) is 3.47. The predicted octanol–water partition coefficient (Wildman–Crippen LogP) is 2.22. The lowest BCUT2D eigenvalue weighted by Crippen LogP contribution is -2.55. The molecule has 1 aliphatic carbocycles. The average molecular weight is 307 g/mol. The van der Waals surface area contributed by atoms with Gasteiger partial charge in [0, 0.05) is 0 Å². The molecule has 1 saturated carbocycles. The minimum absolute atomic E-state index is 0.271. The Bertz CT molecular complexity index is 564. The van der Waals surface area contributed by atoms with Crippen molar-refractivity contribution >= 4 is 11.9 Å². The Morgan fingerprint density at radius 1 is 1.14 bits per heavy atom. The topological polar surface area (TPSA) is 84.9 Å². The molecule has 22 heavy (non-hydrogen) atoms. The van der Waals surface area contributed by atoms with Gasteiger partial charge in [0.1, 0.15) is 17.0 Å². The number of hydrogen-bond acceptors (Lipinski definition) is 4. The summed E-state index contributed by atoms with van der Waals surface area (Å²) >= 11 is 0. The van der Waals surface area contributed by atoms with Gasteiger partial charge in [0.15, 0.2) is 0 Å². The molecule has 0 spiro atoms. The number of amides is 1. The number of carbonyl (C=O) groups is 2. The van der Waals surface area contributed by atoms with E-state index < -0.39 is 17.4 Å². The van der Waals surface area contributed by atoms with Gasteiger partial charge in [-0.25, -0.2) is 4.79 Å². The molecule has 1 fully saturated rings. The summed E-state index contributed by atoms with van der Waals surface area (Å²) in [4.78, 5) is 24.2. The summed E-state index contributed by atoms with van der Waals surface area (Å²) in [5, 5.41) is 12.2. The van der Waals surface area contributed by atoms with Gasteiger partial charge in [-0.15, -0.1) is 0 Å². The fourth-order valence-corrected chi connectivity index (χ4v) is 2.82. The van der Waals surface area contributed by atoms with Crippen LogP contribution < -0.4 is 14.8 Å². The zero-order valence-electron chi connectivity index (χ0n) is 12.8. The van der Waals surface area contributed by atoms with E-state index in [1.807, 2.05) is 0 Å². The molecule has 1 aromatic carbocycles. The molecule has 0 saturated heterocycles. The van der Waals surface area contributed by atoms with Crippen molar-refractivity contribution in [3.63, 3.8) is 0 Å². The number of rotatable bonds is 5. The third-order valence-corrected chi connectivity index (χ3v) is 4.12. The Morgan fingerprint density at radius 2 is 1.82 bits per heavy atom. The maximum absolute atomic E-state index is 12.6. The molecular formula is C16H21NO5. The van der Waals surface area contributed by atoms with Gasteiger partial charge in [-0.1, -0.05) is 19.3 Å². The van der Waals surface area contributed by atoms with Crippen LogP contribution in [0.15, 0.2) is 18.2 Å². The quantitative estimate of drug-likeness (QED) is 0.871. The lowest BCUT2D eigenvalue weighted by atomic mass is 9.81. The molecule has 2 N–H and O–H groups in total. The summed E-state index contributed by atoms with van der Waals surface area (Å²) in [5.74, 6) is -0.545. The Hall–Kier alpha value is -2.24. The van der Waals surface area contributed by atoms with Crippen LogP contribution in [0.25, 0.3) is 0 Å². The highest BCUT2D eigenvalue weighted by Gasteiger charge is 2.41. The van der Waals surface area contributed by atoms with Crippen LogP contribution in [0.4, 0.5) is 0 Å². The maximum Gasteiger partial charge on any atom is 0.329 e. The Balaban J connectivity index is 2.29. The number of benzene rings is 1. The van der Waals surface area contributed by atoms with Crippen molar-refractivity contribution in [2.45, 2.75) is 37.6 Å². The summed E-state index contributed by atoms with van der Waals surface area (Å²) in [6.45, 7) is 0. The number of methoxy groups -OCH3 is 2.